The Morgan fingerprint density at radius 3 is 2.75 bits per heavy atom. The molecule has 0 aliphatic carbocycles. The van der Waals surface area contributed by atoms with Crippen molar-refractivity contribution in [2.45, 2.75) is 11.8 Å². The van der Waals surface area contributed by atoms with Crippen LogP contribution in [0.5, 0.6) is 0 Å². The van der Waals surface area contributed by atoms with Gasteiger partial charge in [-0.05, 0) is 24.3 Å². The molecule has 1 saturated heterocycles. The summed E-state index contributed by atoms with van der Waals surface area (Å²) < 4.78 is 10.6. The second-order valence-corrected chi connectivity index (χ2v) is 3.67. The van der Waals surface area contributed by atoms with Gasteiger partial charge in [0.1, 0.15) is 5.76 Å². The van der Waals surface area contributed by atoms with Crippen LogP contribution in [0.25, 0.3) is 0 Å². The Labute approximate surface area is 77.3 Å². The molecule has 0 atom stereocenters. The van der Waals surface area contributed by atoms with Gasteiger partial charge < -0.3 is 9.15 Å². The fourth-order valence-electron chi connectivity index (χ4n) is 1.55. The summed E-state index contributed by atoms with van der Waals surface area (Å²) in [4.78, 5) is 0. The maximum atomic E-state index is 5.38. The molecule has 2 rings (SSSR count). The highest BCUT2D eigenvalue weighted by molar-refractivity contribution is 7.80. The van der Waals surface area contributed by atoms with E-state index in [-0.39, 0.29) is 5.41 Å². The first-order chi connectivity index (χ1) is 5.87. The Morgan fingerprint density at radius 2 is 2.33 bits per heavy atom. The van der Waals surface area contributed by atoms with Crippen LogP contribution in [0.4, 0.5) is 0 Å². The molecule has 1 aromatic heterocycles. The van der Waals surface area contributed by atoms with Crippen molar-refractivity contribution in [2.75, 3.05) is 19.0 Å². The second kappa shape index (κ2) is 3.15. The van der Waals surface area contributed by atoms with Crippen LogP contribution in [0.2, 0.25) is 0 Å². The van der Waals surface area contributed by atoms with Crippen LogP contribution in [-0.2, 0) is 10.2 Å². The summed E-state index contributed by atoms with van der Waals surface area (Å²) in [5.41, 5.74) is 0.130. The zero-order valence-electron chi connectivity index (χ0n) is 6.82. The summed E-state index contributed by atoms with van der Waals surface area (Å²) in [6.07, 6.45) is 2.75. The van der Waals surface area contributed by atoms with Gasteiger partial charge >= 0.3 is 0 Å². The van der Waals surface area contributed by atoms with Gasteiger partial charge in [-0.2, -0.15) is 12.6 Å². The van der Waals surface area contributed by atoms with Gasteiger partial charge in [-0.3, -0.25) is 0 Å². The van der Waals surface area contributed by atoms with Gasteiger partial charge in [0.2, 0.25) is 0 Å². The lowest BCUT2D eigenvalue weighted by Gasteiger charge is -2.39. The molecule has 12 heavy (non-hydrogen) atoms. The minimum absolute atomic E-state index is 0.130. The molecule has 0 amide bonds. The third kappa shape index (κ3) is 1.17. The van der Waals surface area contributed by atoms with Crippen molar-refractivity contribution >= 4 is 12.6 Å². The standard InChI is InChI=1S/C9H12O2S/c12-5-3-9(6-10-7-9)8-2-1-4-11-8/h1-2,4,12H,3,5-7H2. The molecule has 1 aliphatic heterocycles. The summed E-state index contributed by atoms with van der Waals surface area (Å²) in [6, 6.07) is 3.94. The predicted molar refractivity (Wildman–Crippen MR) is 49.7 cm³/mol. The number of ether oxygens (including phenoxy) is 1. The van der Waals surface area contributed by atoms with Gasteiger partial charge in [0.15, 0.2) is 0 Å². The lowest BCUT2D eigenvalue weighted by molar-refractivity contribution is -0.0712. The van der Waals surface area contributed by atoms with Crippen LogP contribution in [0, 0.1) is 0 Å². The maximum absolute atomic E-state index is 5.38. The Balaban J connectivity index is 2.17. The van der Waals surface area contributed by atoms with E-state index in [0.29, 0.717) is 0 Å². The molecule has 66 valence electrons. The highest BCUT2D eigenvalue weighted by Gasteiger charge is 2.41. The maximum Gasteiger partial charge on any atom is 0.114 e. The number of hydrogen-bond acceptors (Lipinski definition) is 3. The largest absolute Gasteiger partial charge is 0.469 e. The minimum Gasteiger partial charge on any atom is -0.469 e. The van der Waals surface area contributed by atoms with E-state index in [4.69, 9.17) is 9.15 Å². The number of furan rings is 1. The molecule has 0 spiro atoms. The Bertz CT molecular complexity index is 239. The monoisotopic (exact) mass is 184 g/mol. The lowest BCUT2D eigenvalue weighted by Crippen LogP contribution is -2.46. The fourth-order valence-corrected chi connectivity index (χ4v) is 1.98. The van der Waals surface area contributed by atoms with E-state index < -0.39 is 0 Å². The van der Waals surface area contributed by atoms with E-state index >= 15 is 0 Å². The molecular formula is C9H12O2S. The van der Waals surface area contributed by atoms with Gasteiger partial charge in [-0.15, -0.1) is 0 Å². The first kappa shape index (κ1) is 8.20. The average molecular weight is 184 g/mol. The summed E-state index contributed by atoms with van der Waals surface area (Å²) in [5, 5.41) is 0. The molecule has 0 unspecified atom stereocenters. The van der Waals surface area contributed by atoms with Crippen molar-refractivity contribution in [3.05, 3.63) is 24.2 Å². The van der Waals surface area contributed by atoms with Crippen LogP contribution in [-0.4, -0.2) is 19.0 Å². The summed E-state index contributed by atoms with van der Waals surface area (Å²) >= 11 is 4.24. The van der Waals surface area contributed by atoms with Crippen molar-refractivity contribution in [2.24, 2.45) is 0 Å². The van der Waals surface area contributed by atoms with Crippen molar-refractivity contribution in [1.82, 2.24) is 0 Å². The quantitative estimate of drug-likeness (QED) is 0.724. The van der Waals surface area contributed by atoms with E-state index in [1.165, 1.54) is 0 Å². The number of rotatable bonds is 3. The molecule has 1 aliphatic rings. The van der Waals surface area contributed by atoms with E-state index in [0.717, 1.165) is 31.1 Å². The first-order valence-electron chi connectivity index (χ1n) is 4.10. The van der Waals surface area contributed by atoms with Crippen molar-refractivity contribution in [3.63, 3.8) is 0 Å². The molecular weight excluding hydrogens is 172 g/mol. The van der Waals surface area contributed by atoms with Crippen LogP contribution in [0.1, 0.15) is 12.2 Å². The summed E-state index contributed by atoms with van der Waals surface area (Å²) in [5.74, 6) is 1.92. The molecule has 2 nitrogen and oxygen atoms in total. The Hall–Kier alpha value is -0.410. The molecule has 0 bridgehead atoms. The average Bonchev–Trinajstić information content (AvgIpc) is 2.48. The number of hydrogen-bond donors (Lipinski definition) is 1. The zero-order valence-corrected chi connectivity index (χ0v) is 7.72. The zero-order chi connectivity index (χ0) is 8.44. The van der Waals surface area contributed by atoms with Crippen LogP contribution in [0.15, 0.2) is 22.8 Å². The van der Waals surface area contributed by atoms with E-state index in [1.807, 2.05) is 12.1 Å². The molecule has 2 heterocycles. The SMILES string of the molecule is SCCC1(c2ccco2)COC1. The molecule has 0 saturated carbocycles. The minimum atomic E-state index is 0.130. The van der Waals surface area contributed by atoms with E-state index in [1.54, 1.807) is 6.26 Å². The third-order valence-electron chi connectivity index (χ3n) is 2.39. The molecule has 1 fully saturated rings. The van der Waals surface area contributed by atoms with Crippen molar-refractivity contribution in [1.29, 1.82) is 0 Å². The molecule has 0 radical (unpaired) electrons. The normalized spacial score (nSPS) is 20.4. The fraction of sp³-hybridized carbons (Fsp3) is 0.556. The molecule has 3 heteroatoms. The van der Waals surface area contributed by atoms with Crippen LogP contribution < -0.4 is 0 Å². The van der Waals surface area contributed by atoms with Crippen LogP contribution >= 0.6 is 12.6 Å². The number of thiol groups is 1. The van der Waals surface area contributed by atoms with Crippen LogP contribution in [0.3, 0.4) is 0 Å². The molecule has 0 aromatic carbocycles. The second-order valence-electron chi connectivity index (χ2n) is 3.22. The van der Waals surface area contributed by atoms with Crippen molar-refractivity contribution < 1.29 is 9.15 Å². The van der Waals surface area contributed by atoms with Gasteiger partial charge in [0.25, 0.3) is 0 Å². The Kier molecular flexibility index (Phi) is 2.15. The van der Waals surface area contributed by atoms with Gasteiger partial charge in [0.05, 0.1) is 24.9 Å². The highest BCUT2D eigenvalue weighted by Crippen LogP contribution is 2.36. The molecule has 1 aromatic rings. The van der Waals surface area contributed by atoms with Gasteiger partial charge in [-0.1, -0.05) is 0 Å². The lowest BCUT2D eigenvalue weighted by atomic mass is 9.81. The van der Waals surface area contributed by atoms with Crippen molar-refractivity contribution in [3.8, 4) is 0 Å². The summed E-state index contributed by atoms with van der Waals surface area (Å²) in [7, 11) is 0. The molecule has 0 N–H and O–H groups in total. The Morgan fingerprint density at radius 1 is 1.50 bits per heavy atom. The summed E-state index contributed by atoms with van der Waals surface area (Å²) in [6.45, 7) is 1.56. The smallest absolute Gasteiger partial charge is 0.114 e. The predicted octanol–water partition coefficient (Wildman–Crippen LogP) is 1.87. The van der Waals surface area contributed by atoms with E-state index in [9.17, 15) is 0 Å². The first-order valence-corrected chi connectivity index (χ1v) is 4.73. The third-order valence-corrected chi connectivity index (χ3v) is 2.61. The highest BCUT2D eigenvalue weighted by atomic mass is 32.1. The topological polar surface area (TPSA) is 22.4 Å². The van der Waals surface area contributed by atoms with E-state index in [2.05, 4.69) is 12.6 Å². The van der Waals surface area contributed by atoms with Gasteiger partial charge in [-0.25, -0.2) is 0 Å². The van der Waals surface area contributed by atoms with Gasteiger partial charge in [0, 0.05) is 0 Å².